The van der Waals surface area contributed by atoms with Gasteiger partial charge in [-0.25, -0.2) is 4.79 Å². The van der Waals surface area contributed by atoms with Gasteiger partial charge in [0.05, 0.1) is 6.42 Å². The average molecular weight is 174 g/mol. The molecule has 0 aromatic carbocycles. The summed E-state index contributed by atoms with van der Waals surface area (Å²) in [7, 11) is 0. The molecular weight excluding hydrogens is 167 g/mol. The van der Waals surface area contributed by atoms with Crippen LogP contribution in [0.3, 0.4) is 0 Å². The van der Waals surface area contributed by atoms with Crippen molar-refractivity contribution in [2.75, 3.05) is 0 Å². The number of carboxylic acids is 1. The molecule has 60 valence electrons. The summed E-state index contributed by atoms with van der Waals surface area (Å²) in [6.07, 6.45) is -2.30. The Morgan fingerprint density at radius 3 is 2.36 bits per heavy atom. The third-order valence-electron chi connectivity index (χ3n) is 0.730. The second-order valence-electron chi connectivity index (χ2n) is 1.52. The second kappa shape index (κ2) is 6.55. The van der Waals surface area contributed by atoms with Gasteiger partial charge in [-0.3, -0.25) is 4.79 Å². The maximum atomic E-state index is 10.2. The molecule has 11 heavy (non-hydrogen) atoms. The number of thiol groups is 1. The van der Waals surface area contributed by atoms with Crippen LogP contribution in [0.15, 0.2) is 0 Å². The normalized spacial score (nSPS) is 11.1. The average Bonchev–Trinajstić information content (AvgIpc) is 1.85. The Morgan fingerprint density at radius 2 is 2.09 bits per heavy atom. The van der Waals surface area contributed by atoms with Gasteiger partial charge < -0.3 is 15.8 Å². The zero-order chi connectivity index (χ0) is 8.15. The zero-order valence-electron chi connectivity index (χ0n) is 6.85. The number of carbonyl (C=O) groups excluding carboxylic acids is 1. The third-order valence-corrected chi connectivity index (χ3v) is 0.910. The van der Waals surface area contributed by atoms with Crippen LogP contribution in [-0.2, 0) is 13.8 Å². The number of carbonyl (C=O) groups is 2. The quantitative estimate of drug-likeness (QED) is 0.233. The monoisotopic (exact) mass is 174 g/mol. The predicted octanol–water partition coefficient (Wildman–Crippen LogP) is -3.67. The van der Waals surface area contributed by atoms with E-state index >= 15 is 0 Å². The number of aliphatic carboxylic acids is 1. The van der Waals surface area contributed by atoms with Gasteiger partial charge in [-0.1, -0.05) is 0 Å². The predicted molar refractivity (Wildman–Crippen MR) is 34.4 cm³/mol. The van der Waals surface area contributed by atoms with E-state index in [2.05, 4.69) is 17.1 Å². The van der Waals surface area contributed by atoms with Gasteiger partial charge in [-0.05, 0) is 0 Å². The van der Waals surface area contributed by atoms with Gasteiger partial charge in [0.1, 0.15) is 0 Å². The molecule has 0 aromatic heterocycles. The first-order valence-corrected chi connectivity index (χ1v) is 2.69. The summed E-state index contributed by atoms with van der Waals surface area (Å²) in [5, 5.41) is 16.6. The van der Waals surface area contributed by atoms with Crippen molar-refractivity contribution in [1.82, 2.24) is 0 Å². The SMILES string of the molecule is O=C(O)CC(O)C(=O)OS.[H-].[Li+]. The van der Waals surface area contributed by atoms with Crippen molar-refractivity contribution in [1.29, 1.82) is 0 Å². The first-order chi connectivity index (χ1) is 4.57. The third kappa shape index (κ3) is 6.25. The molecule has 2 N–H and O–H groups in total. The van der Waals surface area contributed by atoms with Crippen LogP contribution >= 0.6 is 12.9 Å². The van der Waals surface area contributed by atoms with Crippen molar-refractivity contribution in [3.05, 3.63) is 0 Å². The molecule has 0 saturated carbocycles. The van der Waals surface area contributed by atoms with Crippen molar-refractivity contribution in [2.24, 2.45) is 0 Å². The van der Waals surface area contributed by atoms with Gasteiger partial charge in [0.25, 0.3) is 0 Å². The molecule has 5 nitrogen and oxygen atoms in total. The molecule has 1 unspecified atom stereocenters. The van der Waals surface area contributed by atoms with Crippen molar-refractivity contribution in [2.45, 2.75) is 12.5 Å². The Hall–Kier alpha value is -0.153. The van der Waals surface area contributed by atoms with E-state index in [1.165, 1.54) is 0 Å². The van der Waals surface area contributed by atoms with E-state index in [9.17, 15) is 9.59 Å². The number of rotatable bonds is 3. The molecular formula is C4H7LiO5S. The molecule has 0 aliphatic rings. The van der Waals surface area contributed by atoms with Gasteiger partial charge in [0, 0.05) is 12.9 Å². The number of aliphatic hydroxyl groups is 1. The Kier molecular flexibility index (Phi) is 8.00. The second-order valence-corrected chi connectivity index (χ2v) is 1.71. The molecule has 0 aromatic rings. The van der Waals surface area contributed by atoms with Crippen LogP contribution in [0, 0.1) is 0 Å². The fraction of sp³-hybridized carbons (Fsp3) is 0.500. The zero-order valence-corrected chi connectivity index (χ0v) is 6.75. The van der Waals surface area contributed by atoms with Crippen LogP contribution in [0.4, 0.5) is 0 Å². The van der Waals surface area contributed by atoms with Crippen molar-refractivity contribution in [3.8, 4) is 0 Å². The van der Waals surface area contributed by atoms with Gasteiger partial charge in [0.2, 0.25) is 0 Å². The van der Waals surface area contributed by atoms with Crippen molar-refractivity contribution in [3.63, 3.8) is 0 Å². The van der Waals surface area contributed by atoms with Crippen LogP contribution in [0.25, 0.3) is 0 Å². The topological polar surface area (TPSA) is 83.8 Å². The minimum atomic E-state index is -1.63. The van der Waals surface area contributed by atoms with E-state index < -0.39 is 24.5 Å². The summed E-state index contributed by atoms with van der Waals surface area (Å²) < 4.78 is 3.76. The maximum Gasteiger partial charge on any atom is 1.00 e. The minimum absolute atomic E-state index is 0. The molecule has 1 atom stereocenters. The summed E-state index contributed by atoms with van der Waals surface area (Å²) in [5.74, 6) is -2.34. The number of hydrogen-bond acceptors (Lipinski definition) is 5. The molecule has 0 heterocycles. The Bertz CT molecular complexity index is 154. The molecule has 7 heteroatoms. The van der Waals surface area contributed by atoms with E-state index in [4.69, 9.17) is 10.2 Å². The molecule has 0 amide bonds. The van der Waals surface area contributed by atoms with Gasteiger partial charge in [-0.15, -0.1) is 0 Å². The molecule has 0 aliphatic carbocycles. The Labute approximate surface area is 82.0 Å². The molecule has 0 rings (SSSR count). The number of hydrogen-bond donors (Lipinski definition) is 3. The molecule has 0 fully saturated rings. The largest absolute Gasteiger partial charge is 1.00 e. The first-order valence-electron chi connectivity index (χ1n) is 2.33. The van der Waals surface area contributed by atoms with Crippen molar-refractivity contribution < 1.29 is 44.3 Å². The molecule has 0 bridgehead atoms. The van der Waals surface area contributed by atoms with E-state index in [1.807, 2.05) is 0 Å². The summed E-state index contributed by atoms with van der Waals surface area (Å²) in [6, 6.07) is 0. The molecule has 0 spiro atoms. The van der Waals surface area contributed by atoms with Gasteiger partial charge in [-0.2, -0.15) is 0 Å². The van der Waals surface area contributed by atoms with Crippen molar-refractivity contribution >= 4 is 24.8 Å². The summed E-state index contributed by atoms with van der Waals surface area (Å²) >= 11 is 3.07. The fourth-order valence-corrected chi connectivity index (χ4v) is 0.431. The molecule has 0 aliphatic heterocycles. The summed E-state index contributed by atoms with van der Waals surface area (Å²) in [6.45, 7) is 0. The number of carboxylic acid groups (broad SMARTS) is 1. The summed E-state index contributed by atoms with van der Waals surface area (Å²) in [4.78, 5) is 20.1. The fourth-order valence-electron chi connectivity index (χ4n) is 0.310. The number of aliphatic hydroxyl groups excluding tert-OH is 1. The van der Waals surface area contributed by atoms with Crippen LogP contribution in [0.2, 0.25) is 0 Å². The van der Waals surface area contributed by atoms with E-state index in [0.29, 0.717) is 0 Å². The van der Waals surface area contributed by atoms with Gasteiger partial charge in [0.15, 0.2) is 6.10 Å². The molecule has 0 saturated heterocycles. The standard InChI is InChI=1S/C4H6O5S.Li.H/c5-2(1-3(6)7)4(8)9-10;;/h2,5,10H,1H2,(H,6,7);;/q;+1;-1. The van der Waals surface area contributed by atoms with Gasteiger partial charge >= 0.3 is 30.8 Å². The first kappa shape index (κ1) is 13.4. The van der Waals surface area contributed by atoms with Crippen LogP contribution in [0.5, 0.6) is 0 Å². The van der Waals surface area contributed by atoms with Crippen LogP contribution in [-0.4, -0.2) is 28.3 Å². The maximum absolute atomic E-state index is 10.2. The Balaban J connectivity index is -0.000000405. The van der Waals surface area contributed by atoms with E-state index in [1.54, 1.807) is 0 Å². The molecule has 0 radical (unpaired) electrons. The Morgan fingerprint density at radius 1 is 1.64 bits per heavy atom. The summed E-state index contributed by atoms with van der Waals surface area (Å²) in [5.41, 5.74) is 0. The van der Waals surface area contributed by atoms with E-state index in [-0.39, 0.29) is 20.3 Å². The minimum Gasteiger partial charge on any atom is -1.00 e. The smallest absolute Gasteiger partial charge is 1.00 e. The van der Waals surface area contributed by atoms with Crippen LogP contribution in [0.1, 0.15) is 7.85 Å². The van der Waals surface area contributed by atoms with E-state index in [0.717, 1.165) is 0 Å². The van der Waals surface area contributed by atoms with Crippen LogP contribution < -0.4 is 18.9 Å².